The molecular weight excluding hydrogens is 258 g/mol. The second kappa shape index (κ2) is 5.77. The molecule has 18 heavy (non-hydrogen) atoms. The summed E-state index contributed by atoms with van der Waals surface area (Å²) in [6, 6.07) is 6.58. The number of nitrogens with one attached hydrogen (secondary N) is 1. The highest BCUT2D eigenvalue weighted by Gasteiger charge is 2.08. The Bertz CT molecular complexity index is 491. The lowest BCUT2D eigenvalue weighted by Gasteiger charge is -2.14. The van der Waals surface area contributed by atoms with Gasteiger partial charge in [-0.3, -0.25) is 4.98 Å². The van der Waals surface area contributed by atoms with E-state index in [-0.39, 0.29) is 11.8 Å². The van der Waals surface area contributed by atoms with E-state index in [0.29, 0.717) is 0 Å². The summed E-state index contributed by atoms with van der Waals surface area (Å²) in [6.45, 7) is -0.826. The van der Waals surface area contributed by atoms with E-state index < -0.39 is 6.61 Å². The summed E-state index contributed by atoms with van der Waals surface area (Å²) in [5.41, 5.74) is 2.48. The Morgan fingerprint density at radius 2 is 2.22 bits per heavy atom. The normalized spacial score (nSPS) is 12.4. The minimum Gasteiger partial charge on any atom is -0.435 e. The zero-order chi connectivity index (χ0) is 13.0. The molecule has 1 heterocycles. The molecule has 2 aromatic rings. The van der Waals surface area contributed by atoms with E-state index in [4.69, 9.17) is 0 Å². The van der Waals surface area contributed by atoms with Gasteiger partial charge in [-0.15, -0.1) is 11.3 Å². The summed E-state index contributed by atoms with van der Waals surface area (Å²) in [7, 11) is 0. The molecule has 6 heteroatoms. The van der Waals surface area contributed by atoms with Crippen LogP contribution in [-0.2, 0) is 0 Å². The van der Waals surface area contributed by atoms with E-state index in [0.717, 1.165) is 10.6 Å². The number of hydrogen-bond acceptors (Lipinski definition) is 4. The van der Waals surface area contributed by atoms with Crippen LogP contribution in [0.2, 0.25) is 0 Å². The lowest BCUT2D eigenvalue weighted by Crippen LogP contribution is -2.06. The highest BCUT2D eigenvalue weighted by molar-refractivity contribution is 7.09. The molecule has 0 amide bonds. The predicted octanol–water partition coefficient (Wildman–Crippen LogP) is 3.92. The van der Waals surface area contributed by atoms with Gasteiger partial charge in [0.25, 0.3) is 0 Å². The minimum absolute atomic E-state index is 0.0688. The summed E-state index contributed by atoms with van der Waals surface area (Å²) in [5.74, 6) is 0.145. The van der Waals surface area contributed by atoms with Crippen molar-refractivity contribution in [2.24, 2.45) is 0 Å². The Balaban J connectivity index is 2.05. The lowest BCUT2D eigenvalue weighted by molar-refractivity contribution is -0.0498. The largest absolute Gasteiger partial charge is 0.435 e. The summed E-state index contributed by atoms with van der Waals surface area (Å²) in [4.78, 5) is 5.08. The van der Waals surface area contributed by atoms with Gasteiger partial charge in [0.2, 0.25) is 0 Å². The Morgan fingerprint density at radius 1 is 1.39 bits per heavy atom. The zero-order valence-electron chi connectivity index (χ0n) is 9.64. The third-order valence-corrected chi connectivity index (χ3v) is 3.28. The maximum absolute atomic E-state index is 12.1. The second-order valence-corrected chi connectivity index (χ2v) is 4.59. The first kappa shape index (κ1) is 12.8. The number of rotatable bonds is 5. The average Bonchev–Trinajstić information content (AvgIpc) is 2.81. The molecule has 96 valence electrons. The molecule has 0 fully saturated rings. The van der Waals surface area contributed by atoms with Crippen LogP contribution in [0.4, 0.5) is 14.5 Å². The van der Waals surface area contributed by atoms with Crippen molar-refractivity contribution in [1.82, 2.24) is 4.98 Å². The van der Waals surface area contributed by atoms with Crippen LogP contribution in [0, 0.1) is 0 Å². The molecule has 0 aliphatic rings. The van der Waals surface area contributed by atoms with Crippen molar-refractivity contribution in [3.8, 4) is 5.75 Å². The predicted molar refractivity (Wildman–Crippen MR) is 67.2 cm³/mol. The third kappa shape index (κ3) is 3.40. The highest BCUT2D eigenvalue weighted by atomic mass is 32.1. The highest BCUT2D eigenvalue weighted by Crippen LogP contribution is 2.25. The van der Waals surface area contributed by atoms with Crippen LogP contribution in [0.15, 0.2) is 36.0 Å². The standard InChI is InChI=1S/C12H12F2N2OS/c1-8(11-6-15-7-18-11)16-9-3-2-4-10(5-9)17-12(13)14/h2-8,12,16H,1H3. The minimum atomic E-state index is -2.81. The van der Waals surface area contributed by atoms with Gasteiger partial charge in [-0.1, -0.05) is 6.07 Å². The van der Waals surface area contributed by atoms with Crippen LogP contribution in [0.1, 0.15) is 17.8 Å². The molecule has 1 aromatic carbocycles. The topological polar surface area (TPSA) is 34.1 Å². The number of halogens is 2. The van der Waals surface area contributed by atoms with Gasteiger partial charge in [-0.25, -0.2) is 0 Å². The van der Waals surface area contributed by atoms with Crippen molar-refractivity contribution >= 4 is 17.0 Å². The Hall–Kier alpha value is -1.69. The number of thiazole rings is 1. The van der Waals surface area contributed by atoms with Gasteiger partial charge in [-0.2, -0.15) is 8.78 Å². The molecule has 1 atom stereocenters. The fourth-order valence-electron chi connectivity index (χ4n) is 1.52. The van der Waals surface area contributed by atoms with Crippen molar-refractivity contribution in [1.29, 1.82) is 0 Å². The molecule has 2 rings (SSSR count). The molecule has 1 aromatic heterocycles. The van der Waals surface area contributed by atoms with Crippen LogP contribution in [0.3, 0.4) is 0 Å². The molecule has 1 unspecified atom stereocenters. The lowest BCUT2D eigenvalue weighted by atomic mass is 10.2. The zero-order valence-corrected chi connectivity index (χ0v) is 10.5. The van der Waals surface area contributed by atoms with E-state index in [1.807, 2.05) is 6.92 Å². The SMILES string of the molecule is CC(Nc1cccc(OC(F)F)c1)c1cncs1. The summed E-state index contributed by atoms with van der Waals surface area (Å²) in [5, 5.41) is 3.20. The molecule has 1 N–H and O–H groups in total. The summed E-state index contributed by atoms with van der Waals surface area (Å²) >= 11 is 1.54. The molecule has 0 bridgehead atoms. The third-order valence-electron chi connectivity index (χ3n) is 2.32. The van der Waals surface area contributed by atoms with Gasteiger partial charge >= 0.3 is 6.61 Å². The van der Waals surface area contributed by atoms with Crippen LogP contribution in [-0.4, -0.2) is 11.6 Å². The van der Waals surface area contributed by atoms with Gasteiger partial charge in [0.05, 0.1) is 11.6 Å². The number of ether oxygens (including phenoxy) is 1. The van der Waals surface area contributed by atoms with Crippen molar-refractivity contribution < 1.29 is 13.5 Å². The van der Waals surface area contributed by atoms with E-state index in [9.17, 15) is 8.78 Å². The number of anilines is 1. The van der Waals surface area contributed by atoms with E-state index >= 15 is 0 Å². The van der Waals surface area contributed by atoms with Crippen molar-refractivity contribution in [3.63, 3.8) is 0 Å². The quantitative estimate of drug-likeness (QED) is 0.894. The fraction of sp³-hybridized carbons (Fsp3) is 0.250. The van der Waals surface area contributed by atoms with Crippen LogP contribution in [0.25, 0.3) is 0 Å². The Kier molecular flexibility index (Phi) is 4.09. The maximum Gasteiger partial charge on any atom is 0.387 e. The van der Waals surface area contributed by atoms with E-state index in [1.54, 1.807) is 41.2 Å². The van der Waals surface area contributed by atoms with Crippen LogP contribution >= 0.6 is 11.3 Å². The smallest absolute Gasteiger partial charge is 0.387 e. The molecule has 0 aliphatic heterocycles. The van der Waals surface area contributed by atoms with Crippen LogP contribution in [0.5, 0.6) is 5.75 Å². The monoisotopic (exact) mass is 270 g/mol. The van der Waals surface area contributed by atoms with Crippen LogP contribution < -0.4 is 10.1 Å². The molecule has 0 aliphatic carbocycles. The van der Waals surface area contributed by atoms with Crippen molar-refractivity contribution in [3.05, 3.63) is 40.8 Å². The first-order valence-electron chi connectivity index (χ1n) is 5.35. The van der Waals surface area contributed by atoms with Gasteiger partial charge in [0.1, 0.15) is 5.75 Å². The molecule has 0 saturated heterocycles. The van der Waals surface area contributed by atoms with Gasteiger partial charge in [-0.05, 0) is 19.1 Å². The maximum atomic E-state index is 12.1. The van der Waals surface area contributed by atoms with Crippen molar-refractivity contribution in [2.75, 3.05) is 5.32 Å². The number of alkyl halides is 2. The number of nitrogens with zero attached hydrogens (tertiary/aromatic N) is 1. The van der Waals surface area contributed by atoms with E-state index in [1.165, 1.54) is 6.07 Å². The number of aromatic nitrogens is 1. The first-order valence-corrected chi connectivity index (χ1v) is 6.23. The molecular formula is C12H12F2N2OS. The molecule has 3 nitrogen and oxygen atoms in total. The number of hydrogen-bond donors (Lipinski definition) is 1. The summed E-state index contributed by atoms with van der Waals surface area (Å²) in [6.07, 6.45) is 1.78. The Morgan fingerprint density at radius 3 is 2.89 bits per heavy atom. The van der Waals surface area contributed by atoms with E-state index in [2.05, 4.69) is 15.0 Å². The van der Waals surface area contributed by atoms with Crippen molar-refractivity contribution in [2.45, 2.75) is 19.6 Å². The fourth-order valence-corrected chi connectivity index (χ4v) is 2.15. The molecule has 0 radical (unpaired) electrons. The first-order chi connectivity index (χ1) is 8.65. The number of benzene rings is 1. The van der Waals surface area contributed by atoms with Gasteiger partial charge in [0, 0.05) is 22.8 Å². The summed E-state index contributed by atoms with van der Waals surface area (Å²) < 4.78 is 28.5. The van der Waals surface area contributed by atoms with Gasteiger partial charge < -0.3 is 10.1 Å². The molecule has 0 spiro atoms. The van der Waals surface area contributed by atoms with Gasteiger partial charge in [0.15, 0.2) is 0 Å². The molecule has 0 saturated carbocycles. The average molecular weight is 270 g/mol. The second-order valence-electron chi connectivity index (χ2n) is 3.68. The Labute approximate surface area is 107 Å².